The van der Waals surface area contributed by atoms with Crippen LogP contribution in [-0.4, -0.2) is 60.3 Å². The molecule has 0 bridgehead atoms. The van der Waals surface area contributed by atoms with Crippen molar-refractivity contribution in [2.24, 2.45) is 5.41 Å². The minimum absolute atomic E-state index is 0.0909. The molecule has 0 amide bonds. The van der Waals surface area contributed by atoms with E-state index in [0.717, 1.165) is 51.4 Å². The average molecular weight is 839 g/mol. The summed E-state index contributed by atoms with van der Waals surface area (Å²) < 4.78 is 11.1. The zero-order chi connectivity index (χ0) is 43.0. The normalized spacial score (nSPS) is 11.7. The lowest BCUT2D eigenvalue weighted by Gasteiger charge is -2.29. The summed E-state index contributed by atoms with van der Waals surface area (Å²) in [6, 6.07) is 0. The number of ether oxygens (including phenoxy) is 2. The highest BCUT2D eigenvalue weighted by atomic mass is 16.5. The van der Waals surface area contributed by atoms with Gasteiger partial charge in [-0.2, -0.15) is 0 Å². The molecular formula is C52H102O7. The summed E-state index contributed by atoms with van der Waals surface area (Å²) in [6.45, 7) is 2.64. The fraction of sp³-hybridized carbons (Fsp3) is 0.962. The number of esters is 2. The minimum Gasteiger partial charge on any atom is -0.465 e. The lowest BCUT2D eigenvalue weighted by molar-refractivity contribution is -0.156. The van der Waals surface area contributed by atoms with Crippen molar-refractivity contribution < 1.29 is 34.4 Å². The first-order chi connectivity index (χ1) is 29.0. The summed E-state index contributed by atoms with van der Waals surface area (Å²) in [5, 5.41) is 27.8. The summed E-state index contributed by atoms with van der Waals surface area (Å²) in [7, 11) is 0. The van der Waals surface area contributed by atoms with Gasteiger partial charge in [-0.15, -0.1) is 0 Å². The first-order valence-corrected chi connectivity index (χ1v) is 26.2. The lowest BCUT2D eigenvalue weighted by Crippen LogP contribution is -2.37. The molecule has 59 heavy (non-hydrogen) atoms. The van der Waals surface area contributed by atoms with E-state index in [1.807, 2.05) is 6.92 Å². The Kier molecular flexibility index (Phi) is 46.9. The van der Waals surface area contributed by atoms with Crippen LogP contribution in [0.5, 0.6) is 0 Å². The van der Waals surface area contributed by atoms with E-state index < -0.39 is 5.41 Å². The Morgan fingerprint density at radius 3 is 0.678 bits per heavy atom. The first-order valence-electron chi connectivity index (χ1n) is 26.2. The number of aliphatic hydroxyl groups is 3. The molecule has 0 radical (unpaired) electrons. The number of rotatable bonds is 50. The molecule has 0 aliphatic carbocycles. The summed E-state index contributed by atoms with van der Waals surface area (Å²) in [6.07, 6.45) is 52.3. The van der Waals surface area contributed by atoms with Gasteiger partial charge in [-0.1, -0.05) is 238 Å². The second-order valence-electron chi connectivity index (χ2n) is 18.4. The van der Waals surface area contributed by atoms with Gasteiger partial charge in [-0.3, -0.25) is 9.59 Å². The summed E-state index contributed by atoms with van der Waals surface area (Å²) in [5.41, 5.74) is -0.728. The molecule has 0 atom stereocenters. The Hall–Kier alpha value is -1.18. The molecule has 0 saturated carbocycles. The van der Waals surface area contributed by atoms with Gasteiger partial charge in [0.25, 0.3) is 0 Å². The highest BCUT2D eigenvalue weighted by Crippen LogP contribution is 2.24. The van der Waals surface area contributed by atoms with E-state index in [-0.39, 0.29) is 31.8 Å². The molecule has 7 nitrogen and oxygen atoms in total. The van der Waals surface area contributed by atoms with Crippen LogP contribution in [0.2, 0.25) is 0 Å². The molecule has 0 unspecified atom stereocenters. The lowest BCUT2D eigenvalue weighted by atomic mass is 9.88. The molecule has 352 valence electrons. The van der Waals surface area contributed by atoms with Gasteiger partial charge in [0, 0.05) is 26.1 Å². The third-order valence-electron chi connectivity index (χ3n) is 12.7. The van der Waals surface area contributed by atoms with Crippen LogP contribution in [0.3, 0.4) is 0 Å². The summed E-state index contributed by atoms with van der Waals surface area (Å²) in [4.78, 5) is 24.9. The van der Waals surface area contributed by atoms with E-state index in [2.05, 4.69) is 0 Å². The van der Waals surface area contributed by atoms with Crippen LogP contribution in [0.4, 0.5) is 0 Å². The highest BCUT2D eigenvalue weighted by Gasteiger charge is 2.31. The van der Waals surface area contributed by atoms with Crippen LogP contribution in [0, 0.1) is 5.41 Å². The molecule has 0 fully saturated rings. The topological polar surface area (TPSA) is 113 Å². The van der Waals surface area contributed by atoms with Crippen molar-refractivity contribution in [3.8, 4) is 0 Å². The third kappa shape index (κ3) is 43.3. The smallest absolute Gasteiger partial charge is 0.305 e. The van der Waals surface area contributed by atoms with Crippen molar-refractivity contribution in [3.05, 3.63) is 0 Å². The molecule has 0 aliphatic heterocycles. The van der Waals surface area contributed by atoms with Gasteiger partial charge in [-0.05, 0) is 32.1 Å². The van der Waals surface area contributed by atoms with Gasteiger partial charge >= 0.3 is 11.9 Å². The van der Waals surface area contributed by atoms with Crippen molar-refractivity contribution in [2.75, 3.05) is 33.0 Å². The Balaban J connectivity index is 3.60. The Morgan fingerprint density at radius 2 is 0.508 bits per heavy atom. The fourth-order valence-corrected chi connectivity index (χ4v) is 8.19. The molecule has 0 aromatic heterocycles. The van der Waals surface area contributed by atoms with Crippen LogP contribution in [0.15, 0.2) is 0 Å². The Labute approximate surface area is 366 Å². The number of hydrogen-bond donors (Lipinski definition) is 3. The van der Waals surface area contributed by atoms with Gasteiger partial charge < -0.3 is 24.8 Å². The molecule has 0 aliphatic rings. The number of carbonyl (C=O) groups is 2. The first kappa shape index (κ1) is 57.8. The van der Waals surface area contributed by atoms with Crippen molar-refractivity contribution in [2.45, 2.75) is 283 Å². The predicted molar refractivity (Wildman–Crippen MR) is 250 cm³/mol. The zero-order valence-electron chi connectivity index (χ0n) is 39.4. The van der Waals surface area contributed by atoms with Gasteiger partial charge in [0.05, 0.1) is 12.0 Å². The van der Waals surface area contributed by atoms with Crippen LogP contribution in [0.25, 0.3) is 0 Å². The highest BCUT2D eigenvalue weighted by molar-refractivity contribution is 5.69. The number of aliphatic hydroxyl groups excluding tert-OH is 3. The summed E-state index contributed by atoms with van der Waals surface area (Å²) in [5.74, 6) is -0.439. The molecule has 0 saturated heterocycles. The van der Waals surface area contributed by atoms with Gasteiger partial charge in [0.2, 0.25) is 0 Å². The third-order valence-corrected chi connectivity index (χ3v) is 12.7. The number of carbonyl (C=O) groups excluding carboxylic acids is 2. The molecular weight excluding hydrogens is 737 g/mol. The standard InChI is InChI=1S/C52H102O7/c1-2-52(47-55,48-58-50(56)43-39-35-31-27-23-19-15-11-7-3-5-9-13-17-21-25-29-33-37-41-45-53)49-59-51(57)44-40-36-32-28-24-20-16-12-8-4-6-10-14-18-22-26-30-34-38-42-46-54/h53-55H,2-49H2,1H3. The van der Waals surface area contributed by atoms with E-state index in [4.69, 9.17) is 19.7 Å². The van der Waals surface area contributed by atoms with Crippen LogP contribution >= 0.6 is 0 Å². The maximum absolute atomic E-state index is 12.4. The van der Waals surface area contributed by atoms with Crippen molar-refractivity contribution >= 4 is 11.9 Å². The molecule has 0 heterocycles. The number of unbranched alkanes of at least 4 members (excludes halogenated alkanes) is 38. The predicted octanol–water partition coefficient (Wildman–Crippen LogP) is 14.8. The van der Waals surface area contributed by atoms with E-state index >= 15 is 0 Å². The van der Waals surface area contributed by atoms with E-state index in [1.165, 1.54) is 205 Å². The molecule has 0 aromatic carbocycles. The van der Waals surface area contributed by atoms with Crippen molar-refractivity contribution in [3.63, 3.8) is 0 Å². The van der Waals surface area contributed by atoms with Gasteiger partial charge in [-0.25, -0.2) is 0 Å². The monoisotopic (exact) mass is 839 g/mol. The van der Waals surface area contributed by atoms with E-state index in [0.29, 0.717) is 32.5 Å². The largest absolute Gasteiger partial charge is 0.465 e. The van der Waals surface area contributed by atoms with Crippen LogP contribution in [-0.2, 0) is 19.1 Å². The molecule has 0 aromatic rings. The van der Waals surface area contributed by atoms with Gasteiger partial charge in [0.1, 0.15) is 13.2 Å². The Bertz CT molecular complexity index is 781. The van der Waals surface area contributed by atoms with Crippen LogP contribution in [0.1, 0.15) is 283 Å². The maximum Gasteiger partial charge on any atom is 0.305 e. The molecule has 0 rings (SSSR count). The fourth-order valence-electron chi connectivity index (χ4n) is 8.19. The average Bonchev–Trinajstić information content (AvgIpc) is 3.25. The van der Waals surface area contributed by atoms with Crippen molar-refractivity contribution in [1.29, 1.82) is 0 Å². The molecule has 7 heteroatoms. The SMILES string of the molecule is CCC(CO)(COC(=O)CCCCCCCCCCCCCCCCCCCCCCO)COC(=O)CCCCCCCCCCCCCCCCCCCCCCO. The van der Waals surface area contributed by atoms with Crippen molar-refractivity contribution in [1.82, 2.24) is 0 Å². The van der Waals surface area contributed by atoms with E-state index in [1.54, 1.807) is 0 Å². The molecule has 0 spiro atoms. The van der Waals surface area contributed by atoms with Gasteiger partial charge in [0.15, 0.2) is 0 Å². The Morgan fingerprint density at radius 1 is 0.322 bits per heavy atom. The maximum atomic E-state index is 12.4. The number of hydrogen-bond acceptors (Lipinski definition) is 7. The zero-order valence-corrected chi connectivity index (χ0v) is 39.4. The van der Waals surface area contributed by atoms with Crippen LogP contribution < -0.4 is 0 Å². The minimum atomic E-state index is -0.728. The quantitative estimate of drug-likeness (QED) is 0.0413. The second-order valence-corrected chi connectivity index (χ2v) is 18.4. The van der Waals surface area contributed by atoms with E-state index in [9.17, 15) is 14.7 Å². The summed E-state index contributed by atoms with van der Waals surface area (Å²) >= 11 is 0. The molecule has 3 N–H and O–H groups in total. The second kappa shape index (κ2) is 47.9.